The van der Waals surface area contributed by atoms with Crippen molar-refractivity contribution in [1.29, 1.82) is 0 Å². The van der Waals surface area contributed by atoms with Crippen LogP contribution in [0, 0.1) is 13.8 Å². The predicted molar refractivity (Wildman–Crippen MR) is 98.6 cm³/mol. The van der Waals surface area contributed by atoms with Gasteiger partial charge in [0.1, 0.15) is 5.76 Å². The molecule has 0 saturated heterocycles. The zero-order chi connectivity index (χ0) is 18.0. The van der Waals surface area contributed by atoms with Crippen molar-refractivity contribution in [3.8, 4) is 11.3 Å². The van der Waals surface area contributed by atoms with Gasteiger partial charge in [-0.2, -0.15) is 5.10 Å². The van der Waals surface area contributed by atoms with Gasteiger partial charge in [-0.3, -0.25) is 4.79 Å². The molecule has 1 N–H and O–H groups in total. The highest BCUT2D eigenvalue weighted by atomic mass is 35.5. The summed E-state index contributed by atoms with van der Waals surface area (Å²) in [6.07, 6.45) is 1.38. The summed E-state index contributed by atoms with van der Waals surface area (Å²) in [7, 11) is 0. The number of nitrogens with one attached hydrogen (secondary N) is 1. The van der Waals surface area contributed by atoms with Crippen molar-refractivity contribution in [2.24, 2.45) is 5.10 Å². The van der Waals surface area contributed by atoms with Gasteiger partial charge in [0.2, 0.25) is 0 Å². The number of amides is 1. The van der Waals surface area contributed by atoms with Gasteiger partial charge in [-0.15, -0.1) is 11.3 Å². The number of aryl methyl sites for hydroxylation is 2. The Kier molecular flexibility index (Phi) is 5.17. The molecule has 0 aliphatic rings. The SMILES string of the molecule is Cc1nc(-c2c(C(=O)NN=Cc3c(Cl)cccc3Cl)noc2C)cs1. The van der Waals surface area contributed by atoms with Crippen molar-refractivity contribution in [2.45, 2.75) is 13.8 Å². The van der Waals surface area contributed by atoms with E-state index in [9.17, 15) is 4.79 Å². The van der Waals surface area contributed by atoms with Gasteiger partial charge in [0.15, 0.2) is 5.69 Å². The van der Waals surface area contributed by atoms with E-state index in [-0.39, 0.29) is 5.69 Å². The number of nitrogens with zero attached hydrogens (tertiary/aromatic N) is 3. The number of aromatic nitrogens is 2. The largest absolute Gasteiger partial charge is 0.360 e. The molecule has 25 heavy (non-hydrogen) atoms. The number of carbonyl (C=O) groups excluding carboxylic acids is 1. The fourth-order valence-electron chi connectivity index (χ4n) is 2.15. The minimum atomic E-state index is -0.517. The van der Waals surface area contributed by atoms with Gasteiger partial charge in [0.05, 0.1) is 32.5 Å². The summed E-state index contributed by atoms with van der Waals surface area (Å²) in [5.74, 6) is -0.00879. The molecule has 3 rings (SSSR count). The van der Waals surface area contributed by atoms with Crippen LogP contribution in [0.15, 0.2) is 33.2 Å². The summed E-state index contributed by atoms with van der Waals surface area (Å²) in [6, 6.07) is 5.08. The number of halogens is 2. The summed E-state index contributed by atoms with van der Waals surface area (Å²) >= 11 is 13.6. The van der Waals surface area contributed by atoms with E-state index in [2.05, 4.69) is 20.7 Å². The highest BCUT2D eigenvalue weighted by molar-refractivity contribution is 7.09. The van der Waals surface area contributed by atoms with Crippen LogP contribution in [0.5, 0.6) is 0 Å². The lowest BCUT2D eigenvalue weighted by Crippen LogP contribution is -2.19. The fourth-order valence-corrected chi connectivity index (χ4v) is 3.25. The smallest absolute Gasteiger partial charge is 0.294 e. The number of hydrazone groups is 1. The van der Waals surface area contributed by atoms with E-state index in [0.29, 0.717) is 32.6 Å². The topological polar surface area (TPSA) is 80.4 Å². The van der Waals surface area contributed by atoms with Gasteiger partial charge < -0.3 is 4.52 Å². The number of hydrogen-bond donors (Lipinski definition) is 1. The first-order chi connectivity index (χ1) is 12.0. The third kappa shape index (κ3) is 3.73. The first kappa shape index (κ1) is 17.6. The predicted octanol–water partition coefficient (Wildman–Crippen LogP) is 4.49. The number of benzene rings is 1. The van der Waals surface area contributed by atoms with Crippen LogP contribution in [0.25, 0.3) is 11.3 Å². The molecule has 0 aliphatic carbocycles. The summed E-state index contributed by atoms with van der Waals surface area (Å²) in [4.78, 5) is 16.8. The Labute approximate surface area is 157 Å². The second-order valence-electron chi connectivity index (χ2n) is 5.05. The van der Waals surface area contributed by atoms with Crippen LogP contribution < -0.4 is 5.43 Å². The van der Waals surface area contributed by atoms with Gasteiger partial charge in [-0.1, -0.05) is 34.4 Å². The molecular formula is C16H12Cl2N4O2S. The van der Waals surface area contributed by atoms with E-state index in [4.69, 9.17) is 27.7 Å². The molecule has 0 atom stereocenters. The van der Waals surface area contributed by atoms with Gasteiger partial charge in [-0.05, 0) is 26.0 Å². The summed E-state index contributed by atoms with van der Waals surface area (Å²) < 4.78 is 5.14. The standard InChI is InChI=1S/C16H12Cl2N4O2S/c1-8-14(13-7-25-9(2)20-13)15(22-24-8)16(23)21-19-6-10-11(17)4-3-5-12(10)18/h3-7H,1-2H3,(H,21,23). The number of thiazole rings is 1. The molecule has 2 heterocycles. The normalized spacial score (nSPS) is 11.2. The van der Waals surface area contributed by atoms with Crippen LogP contribution in [0.1, 0.15) is 26.8 Å². The molecular weight excluding hydrogens is 383 g/mol. The molecule has 1 aromatic carbocycles. The maximum absolute atomic E-state index is 12.4. The zero-order valence-corrected chi connectivity index (χ0v) is 15.5. The quantitative estimate of drug-likeness (QED) is 0.522. The maximum Gasteiger partial charge on any atom is 0.294 e. The minimum Gasteiger partial charge on any atom is -0.360 e. The Hall–Kier alpha value is -2.22. The van der Waals surface area contributed by atoms with Crippen molar-refractivity contribution < 1.29 is 9.32 Å². The van der Waals surface area contributed by atoms with Crippen molar-refractivity contribution in [2.75, 3.05) is 0 Å². The van der Waals surface area contributed by atoms with E-state index in [0.717, 1.165) is 5.01 Å². The third-order valence-electron chi connectivity index (χ3n) is 3.31. The van der Waals surface area contributed by atoms with E-state index in [1.165, 1.54) is 17.6 Å². The Morgan fingerprint density at radius 1 is 1.32 bits per heavy atom. The van der Waals surface area contributed by atoms with E-state index in [1.807, 2.05) is 12.3 Å². The lowest BCUT2D eigenvalue weighted by Gasteiger charge is -2.01. The van der Waals surface area contributed by atoms with Crippen molar-refractivity contribution in [3.05, 3.63) is 55.6 Å². The maximum atomic E-state index is 12.4. The molecule has 9 heteroatoms. The molecule has 0 bridgehead atoms. The molecule has 0 aliphatic heterocycles. The third-order valence-corrected chi connectivity index (χ3v) is 4.75. The average Bonchev–Trinajstić information content (AvgIpc) is 3.15. The van der Waals surface area contributed by atoms with Gasteiger partial charge >= 0.3 is 0 Å². The Bertz CT molecular complexity index is 945. The second-order valence-corrected chi connectivity index (χ2v) is 6.93. The Morgan fingerprint density at radius 3 is 2.68 bits per heavy atom. The first-order valence-corrected chi connectivity index (χ1v) is 8.77. The van der Waals surface area contributed by atoms with Gasteiger partial charge in [0, 0.05) is 10.9 Å². The van der Waals surface area contributed by atoms with Crippen molar-refractivity contribution in [3.63, 3.8) is 0 Å². The van der Waals surface area contributed by atoms with E-state index < -0.39 is 5.91 Å². The summed E-state index contributed by atoms with van der Waals surface area (Å²) in [5, 5.41) is 11.3. The Balaban J connectivity index is 1.82. The van der Waals surface area contributed by atoms with Crippen molar-refractivity contribution in [1.82, 2.24) is 15.6 Å². The summed E-state index contributed by atoms with van der Waals surface area (Å²) in [5.41, 5.74) is 4.22. The fraction of sp³-hybridized carbons (Fsp3) is 0.125. The molecule has 128 valence electrons. The van der Waals surface area contributed by atoms with Crippen LogP contribution in [0.4, 0.5) is 0 Å². The zero-order valence-electron chi connectivity index (χ0n) is 13.2. The highest BCUT2D eigenvalue weighted by Crippen LogP contribution is 2.28. The average molecular weight is 395 g/mol. The van der Waals surface area contributed by atoms with Gasteiger partial charge in [-0.25, -0.2) is 10.4 Å². The molecule has 1 amide bonds. The second kappa shape index (κ2) is 7.35. The monoisotopic (exact) mass is 394 g/mol. The van der Waals surface area contributed by atoms with Crippen LogP contribution in [0.2, 0.25) is 10.0 Å². The lowest BCUT2D eigenvalue weighted by molar-refractivity contribution is 0.0946. The van der Waals surface area contributed by atoms with Crippen LogP contribution in [0.3, 0.4) is 0 Å². The molecule has 0 fully saturated rings. The Morgan fingerprint density at radius 2 is 2.04 bits per heavy atom. The van der Waals surface area contributed by atoms with Gasteiger partial charge in [0.25, 0.3) is 5.91 Å². The molecule has 0 unspecified atom stereocenters. The molecule has 2 aromatic heterocycles. The summed E-state index contributed by atoms with van der Waals surface area (Å²) in [6.45, 7) is 3.61. The highest BCUT2D eigenvalue weighted by Gasteiger charge is 2.22. The number of rotatable bonds is 4. The molecule has 0 saturated carbocycles. The van der Waals surface area contributed by atoms with E-state index >= 15 is 0 Å². The van der Waals surface area contributed by atoms with E-state index in [1.54, 1.807) is 25.1 Å². The van der Waals surface area contributed by atoms with Crippen molar-refractivity contribution >= 4 is 46.7 Å². The van der Waals surface area contributed by atoms with Crippen LogP contribution in [-0.4, -0.2) is 22.3 Å². The molecule has 0 radical (unpaired) electrons. The molecule has 0 spiro atoms. The van der Waals surface area contributed by atoms with Crippen LogP contribution in [-0.2, 0) is 0 Å². The lowest BCUT2D eigenvalue weighted by atomic mass is 10.1. The van der Waals surface area contributed by atoms with Crippen LogP contribution >= 0.6 is 34.5 Å². The first-order valence-electron chi connectivity index (χ1n) is 7.13. The molecule has 6 nitrogen and oxygen atoms in total. The molecule has 3 aromatic rings. The minimum absolute atomic E-state index is 0.116. The number of hydrogen-bond acceptors (Lipinski definition) is 6. The number of carbonyl (C=O) groups is 1.